The van der Waals surface area contributed by atoms with Crippen LogP contribution in [0.3, 0.4) is 0 Å². The molecule has 1 unspecified atom stereocenters. The van der Waals surface area contributed by atoms with Crippen LogP contribution < -0.4 is 0 Å². The summed E-state index contributed by atoms with van der Waals surface area (Å²) in [6, 6.07) is 0.326. The molecule has 2 rings (SSSR count). The Balaban J connectivity index is 2.05. The molecule has 2 saturated heterocycles. The third-order valence-corrected chi connectivity index (χ3v) is 3.30. The Morgan fingerprint density at radius 3 is 2.86 bits per heavy atom. The summed E-state index contributed by atoms with van der Waals surface area (Å²) in [6.07, 6.45) is 4.21. The summed E-state index contributed by atoms with van der Waals surface area (Å²) >= 11 is 0. The monoisotopic (exact) mass is 197 g/mol. The van der Waals surface area contributed by atoms with Gasteiger partial charge < -0.3 is 10.0 Å². The smallest absolute Gasteiger partial charge is 0.308 e. The van der Waals surface area contributed by atoms with Gasteiger partial charge in [-0.15, -0.1) is 0 Å². The zero-order chi connectivity index (χ0) is 10.1. The zero-order valence-corrected chi connectivity index (χ0v) is 8.11. The van der Waals surface area contributed by atoms with E-state index in [4.69, 9.17) is 5.11 Å². The lowest BCUT2D eigenvalue weighted by molar-refractivity contribution is -0.149. The van der Waals surface area contributed by atoms with E-state index in [9.17, 15) is 9.59 Å². The topological polar surface area (TPSA) is 57.6 Å². The normalized spacial score (nSPS) is 32.6. The van der Waals surface area contributed by atoms with Crippen LogP contribution in [-0.4, -0.2) is 34.5 Å². The Hall–Kier alpha value is -1.06. The number of carbonyl (C=O) groups is 2. The Morgan fingerprint density at radius 2 is 2.14 bits per heavy atom. The van der Waals surface area contributed by atoms with Gasteiger partial charge in [-0.3, -0.25) is 9.59 Å². The first-order valence-corrected chi connectivity index (χ1v) is 5.21. The van der Waals surface area contributed by atoms with Crippen LogP contribution in [0.2, 0.25) is 0 Å². The average molecular weight is 197 g/mol. The number of carboxylic acids is 1. The van der Waals surface area contributed by atoms with E-state index in [1.807, 2.05) is 0 Å². The molecule has 0 saturated carbocycles. The first-order chi connectivity index (χ1) is 6.68. The molecule has 78 valence electrons. The average Bonchev–Trinajstić information content (AvgIpc) is 2.18. The lowest BCUT2D eigenvalue weighted by Crippen LogP contribution is -2.50. The Bertz CT molecular complexity index is 264. The van der Waals surface area contributed by atoms with Gasteiger partial charge in [-0.25, -0.2) is 0 Å². The van der Waals surface area contributed by atoms with Crippen molar-refractivity contribution in [2.75, 3.05) is 6.54 Å². The highest BCUT2D eigenvalue weighted by Crippen LogP contribution is 2.29. The van der Waals surface area contributed by atoms with E-state index in [1.165, 1.54) is 0 Å². The van der Waals surface area contributed by atoms with E-state index < -0.39 is 5.97 Å². The molecular formula is C10H15NO3. The fourth-order valence-corrected chi connectivity index (χ4v) is 2.47. The molecular weight excluding hydrogens is 182 g/mol. The minimum Gasteiger partial charge on any atom is -0.481 e. The van der Waals surface area contributed by atoms with E-state index in [0.717, 1.165) is 25.7 Å². The number of carboxylic acid groups (broad SMARTS) is 1. The fourth-order valence-electron chi connectivity index (χ4n) is 2.47. The number of rotatable bonds is 1. The van der Waals surface area contributed by atoms with Crippen molar-refractivity contribution in [1.82, 2.24) is 4.90 Å². The molecule has 4 heteroatoms. The Labute approximate surface area is 82.9 Å². The number of fused-ring (bicyclic) bond motifs is 1. The maximum Gasteiger partial charge on any atom is 0.308 e. The molecule has 2 atom stereocenters. The minimum absolute atomic E-state index is 0.146. The predicted molar refractivity (Wildman–Crippen MR) is 49.7 cm³/mol. The largest absolute Gasteiger partial charge is 0.481 e. The van der Waals surface area contributed by atoms with Crippen LogP contribution in [0.15, 0.2) is 0 Å². The first kappa shape index (κ1) is 9.49. The highest BCUT2D eigenvalue weighted by atomic mass is 16.4. The molecule has 2 aliphatic heterocycles. The Kier molecular flexibility index (Phi) is 2.44. The van der Waals surface area contributed by atoms with Crippen molar-refractivity contribution >= 4 is 11.9 Å². The predicted octanol–water partition coefficient (Wildman–Crippen LogP) is 0.862. The molecule has 0 aromatic carbocycles. The van der Waals surface area contributed by atoms with Crippen LogP contribution in [0.25, 0.3) is 0 Å². The highest BCUT2D eigenvalue weighted by Gasteiger charge is 2.36. The van der Waals surface area contributed by atoms with Crippen molar-refractivity contribution in [3.05, 3.63) is 0 Å². The lowest BCUT2D eigenvalue weighted by Gasteiger charge is -2.41. The van der Waals surface area contributed by atoms with Gasteiger partial charge in [-0.1, -0.05) is 0 Å². The number of carbonyl (C=O) groups excluding carboxylic acids is 1. The van der Waals surface area contributed by atoms with Crippen LogP contribution in [0.4, 0.5) is 0 Å². The van der Waals surface area contributed by atoms with Gasteiger partial charge in [0.15, 0.2) is 0 Å². The molecule has 2 heterocycles. The standard InChI is InChI=1S/C10H15NO3/c12-9-3-1-2-8-5-4-7(10(13)14)6-11(8)9/h7-8H,1-6H2,(H,13,14)/t7-,8?/m0/s1. The maximum absolute atomic E-state index is 11.5. The fraction of sp³-hybridized carbons (Fsp3) is 0.800. The van der Waals surface area contributed by atoms with Gasteiger partial charge in [0.1, 0.15) is 0 Å². The highest BCUT2D eigenvalue weighted by molar-refractivity contribution is 5.79. The molecule has 14 heavy (non-hydrogen) atoms. The molecule has 1 N–H and O–H groups in total. The minimum atomic E-state index is -0.762. The molecule has 0 spiro atoms. The molecule has 1 amide bonds. The summed E-state index contributed by atoms with van der Waals surface area (Å²) in [4.78, 5) is 24.1. The second-order valence-corrected chi connectivity index (χ2v) is 4.20. The van der Waals surface area contributed by atoms with Gasteiger partial charge in [-0.05, 0) is 25.7 Å². The van der Waals surface area contributed by atoms with Crippen molar-refractivity contribution in [3.63, 3.8) is 0 Å². The van der Waals surface area contributed by atoms with Crippen LogP contribution in [0, 0.1) is 5.92 Å². The Morgan fingerprint density at radius 1 is 1.36 bits per heavy atom. The van der Waals surface area contributed by atoms with Crippen LogP contribution in [0.5, 0.6) is 0 Å². The molecule has 0 radical (unpaired) electrons. The summed E-state index contributed by atoms with van der Waals surface area (Å²) < 4.78 is 0. The van der Waals surface area contributed by atoms with Gasteiger partial charge in [0, 0.05) is 19.0 Å². The van der Waals surface area contributed by atoms with Gasteiger partial charge in [0.05, 0.1) is 5.92 Å². The number of piperidine rings is 2. The molecule has 0 bridgehead atoms. The third kappa shape index (κ3) is 1.61. The zero-order valence-electron chi connectivity index (χ0n) is 8.11. The van der Waals surface area contributed by atoms with Crippen LogP contribution >= 0.6 is 0 Å². The van der Waals surface area contributed by atoms with E-state index in [0.29, 0.717) is 19.0 Å². The number of amides is 1. The van der Waals surface area contributed by atoms with Crippen molar-refractivity contribution in [2.45, 2.75) is 38.1 Å². The number of nitrogens with zero attached hydrogens (tertiary/aromatic N) is 1. The van der Waals surface area contributed by atoms with Gasteiger partial charge in [-0.2, -0.15) is 0 Å². The second-order valence-electron chi connectivity index (χ2n) is 4.20. The summed E-state index contributed by atoms with van der Waals surface area (Å²) in [5, 5.41) is 8.88. The quantitative estimate of drug-likeness (QED) is 0.678. The number of hydrogen-bond acceptors (Lipinski definition) is 2. The SMILES string of the molecule is O=C(O)[C@H]1CCC2CCCC(=O)N2C1. The van der Waals surface area contributed by atoms with Crippen molar-refractivity contribution < 1.29 is 14.7 Å². The summed E-state index contributed by atoms with van der Waals surface area (Å²) in [7, 11) is 0. The van der Waals surface area contributed by atoms with E-state index >= 15 is 0 Å². The van der Waals surface area contributed by atoms with Crippen molar-refractivity contribution in [2.24, 2.45) is 5.92 Å². The molecule has 2 fully saturated rings. The molecule has 0 aliphatic carbocycles. The van der Waals surface area contributed by atoms with E-state index in [1.54, 1.807) is 4.90 Å². The molecule has 4 nitrogen and oxygen atoms in total. The van der Waals surface area contributed by atoms with Gasteiger partial charge in [0.2, 0.25) is 5.91 Å². The second kappa shape index (κ2) is 3.59. The third-order valence-electron chi connectivity index (χ3n) is 3.30. The summed E-state index contributed by atoms with van der Waals surface area (Å²) in [6.45, 7) is 0.429. The summed E-state index contributed by atoms with van der Waals surface area (Å²) in [5.74, 6) is -0.956. The van der Waals surface area contributed by atoms with Crippen molar-refractivity contribution in [1.29, 1.82) is 0 Å². The van der Waals surface area contributed by atoms with Crippen molar-refractivity contribution in [3.8, 4) is 0 Å². The van der Waals surface area contributed by atoms with Crippen LogP contribution in [-0.2, 0) is 9.59 Å². The van der Waals surface area contributed by atoms with Gasteiger partial charge in [0.25, 0.3) is 0 Å². The molecule has 0 aromatic heterocycles. The van der Waals surface area contributed by atoms with Gasteiger partial charge >= 0.3 is 5.97 Å². The maximum atomic E-state index is 11.5. The summed E-state index contributed by atoms with van der Waals surface area (Å²) in [5.41, 5.74) is 0. The van der Waals surface area contributed by atoms with E-state index in [2.05, 4.69) is 0 Å². The lowest BCUT2D eigenvalue weighted by atomic mass is 9.87. The number of hydrogen-bond donors (Lipinski definition) is 1. The van der Waals surface area contributed by atoms with Crippen LogP contribution in [0.1, 0.15) is 32.1 Å². The van der Waals surface area contributed by atoms with E-state index in [-0.39, 0.29) is 11.8 Å². The number of aliphatic carboxylic acids is 1. The molecule has 0 aromatic rings. The molecule has 2 aliphatic rings. The first-order valence-electron chi connectivity index (χ1n) is 5.21.